The molecule has 3 aromatic rings. The first kappa shape index (κ1) is 23.3. The van der Waals surface area contributed by atoms with Gasteiger partial charge < -0.3 is 15.4 Å². The molecular formula is C23H19F3N4O3. The molecule has 0 heterocycles. The average molecular weight is 456 g/mol. The van der Waals surface area contributed by atoms with Crippen LogP contribution in [0.15, 0.2) is 90.0 Å². The van der Waals surface area contributed by atoms with Crippen molar-refractivity contribution in [3.63, 3.8) is 0 Å². The predicted octanol–water partition coefficient (Wildman–Crippen LogP) is 4.54. The topological polar surface area (TPSA) is 91.8 Å². The molecule has 33 heavy (non-hydrogen) atoms. The van der Waals surface area contributed by atoms with Gasteiger partial charge in [-0.05, 0) is 42.0 Å². The van der Waals surface area contributed by atoms with Crippen molar-refractivity contribution in [2.24, 2.45) is 5.10 Å². The maximum atomic E-state index is 12.3. The van der Waals surface area contributed by atoms with Gasteiger partial charge in [-0.3, -0.25) is 4.79 Å². The van der Waals surface area contributed by atoms with E-state index in [1.165, 1.54) is 12.1 Å². The van der Waals surface area contributed by atoms with Gasteiger partial charge in [-0.15, -0.1) is 13.2 Å². The van der Waals surface area contributed by atoms with Crippen LogP contribution in [-0.2, 0) is 0 Å². The molecule has 0 aliphatic heterocycles. The molecule has 10 heteroatoms. The van der Waals surface area contributed by atoms with Crippen molar-refractivity contribution in [3.8, 4) is 5.75 Å². The predicted molar refractivity (Wildman–Crippen MR) is 117 cm³/mol. The van der Waals surface area contributed by atoms with Gasteiger partial charge in [0.15, 0.2) is 0 Å². The minimum atomic E-state index is -4.80. The summed E-state index contributed by atoms with van der Waals surface area (Å²) in [5.74, 6) is -0.711. The minimum absolute atomic E-state index is 0.0432. The number of carbonyl (C=O) groups is 2. The molecule has 0 aliphatic rings. The van der Waals surface area contributed by atoms with E-state index in [2.05, 4.69) is 25.9 Å². The molecule has 3 aromatic carbocycles. The highest BCUT2D eigenvalue weighted by Gasteiger charge is 2.30. The maximum Gasteiger partial charge on any atom is 0.573 e. The van der Waals surface area contributed by atoms with Crippen LogP contribution in [0.2, 0.25) is 0 Å². The molecule has 0 bridgehead atoms. The number of hydrogen-bond acceptors (Lipinski definition) is 4. The molecular weight excluding hydrogens is 437 g/mol. The number of hydrogen-bond donors (Lipinski definition) is 3. The minimum Gasteiger partial charge on any atom is -0.406 e. The first-order chi connectivity index (χ1) is 15.8. The first-order valence-electron chi connectivity index (χ1n) is 9.68. The second-order valence-electron chi connectivity index (χ2n) is 6.61. The molecule has 3 N–H and O–H groups in total. The van der Waals surface area contributed by atoms with Crippen molar-refractivity contribution in [1.82, 2.24) is 10.7 Å². The summed E-state index contributed by atoms with van der Waals surface area (Å²) in [7, 11) is 0. The molecule has 170 valence electrons. The highest BCUT2D eigenvalue weighted by Crippen LogP contribution is 2.23. The van der Waals surface area contributed by atoms with Crippen LogP contribution in [-0.4, -0.2) is 30.6 Å². The lowest BCUT2D eigenvalue weighted by atomic mass is 10.1. The number of hydrazone groups is 1. The number of halogens is 3. The van der Waals surface area contributed by atoms with E-state index in [4.69, 9.17) is 0 Å². The van der Waals surface area contributed by atoms with Gasteiger partial charge in [0.1, 0.15) is 5.75 Å². The molecule has 0 atom stereocenters. The maximum absolute atomic E-state index is 12.3. The van der Waals surface area contributed by atoms with Crippen molar-refractivity contribution in [1.29, 1.82) is 0 Å². The Balaban J connectivity index is 1.63. The lowest BCUT2D eigenvalue weighted by molar-refractivity contribution is -0.274. The van der Waals surface area contributed by atoms with Crippen LogP contribution in [0.1, 0.15) is 15.9 Å². The number of rotatable bonds is 7. The van der Waals surface area contributed by atoms with E-state index in [1.54, 1.807) is 54.6 Å². The fourth-order valence-electron chi connectivity index (χ4n) is 2.71. The van der Waals surface area contributed by atoms with Crippen molar-refractivity contribution < 1.29 is 27.5 Å². The molecule has 0 unspecified atom stereocenters. The summed E-state index contributed by atoms with van der Waals surface area (Å²) in [6.07, 6.45) is -4.80. The zero-order valence-corrected chi connectivity index (χ0v) is 17.1. The van der Waals surface area contributed by atoms with E-state index >= 15 is 0 Å². The number of alkyl halides is 3. The van der Waals surface area contributed by atoms with E-state index in [0.29, 0.717) is 16.8 Å². The van der Waals surface area contributed by atoms with E-state index in [1.807, 2.05) is 6.07 Å². The van der Waals surface area contributed by atoms with Gasteiger partial charge in [-0.1, -0.05) is 48.5 Å². The van der Waals surface area contributed by atoms with Gasteiger partial charge >= 0.3 is 12.4 Å². The Kier molecular flexibility index (Phi) is 7.64. The highest BCUT2D eigenvalue weighted by molar-refractivity contribution is 6.05. The summed E-state index contributed by atoms with van der Waals surface area (Å²) in [5, 5.41) is 9.28. The summed E-state index contributed by atoms with van der Waals surface area (Å²) >= 11 is 0. The number of nitrogens with zero attached hydrogens (tertiary/aromatic N) is 1. The number of nitrogens with one attached hydrogen (secondary N) is 3. The van der Waals surface area contributed by atoms with Gasteiger partial charge in [-0.25, -0.2) is 10.2 Å². The Labute approximate surface area is 187 Å². The van der Waals surface area contributed by atoms with Crippen LogP contribution in [0.3, 0.4) is 0 Å². The largest absolute Gasteiger partial charge is 0.573 e. The number of ether oxygens (including phenoxy) is 1. The Bertz CT molecular complexity index is 1100. The van der Waals surface area contributed by atoms with Crippen LogP contribution in [0.25, 0.3) is 0 Å². The van der Waals surface area contributed by atoms with Gasteiger partial charge in [0.2, 0.25) is 0 Å². The van der Waals surface area contributed by atoms with E-state index in [9.17, 15) is 22.8 Å². The Hall–Kier alpha value is -4.34. The van der Waals surface area contributed by atoms with Crippen LogP contribution >= 0.6 is 0 Å². The summed E-state index contributed by atoms with van der Waals surface area (Å²) in [6.45, 7) is 0.0432. The molecule has 0 fully saturated rings. The summed E-state index contributed by atoms with van der Waals surface area (Å²) in [5.41, 5.74) is 4.11. The molecule has 0 saturated heterocycles. The SMILES string of the molecule is O=C(NN=C(CNC(=O)c1ccccc1)c1ccccc1)Nc1ccc(OC(F)(F)F)cc1. The normalized spacial score (nSPS) is 11.4. The third kappa shape index (κ3) is 7.69. The third-order valence-corrected chi connectivity index (χ3v) is 4.20. The molecule has 0 radical (unpaired) electrons. The van der Waals surface area contributed by atoms with Crippen molar-refractivity contribution in [2.45, 2.75) is 6.36 Å². The Morgan fingerprint density at radius 1 is 0.818 bits per heavy atom. The monoisotopic (exact) mass is 456 g/mol. The Morgan fingerprint density at radius 3 is 1.97 bits per heavy atom. The van der Waals surface area contributed by atoms with Gasteiger partial charge in [0, 0.05) is 11.3 Å². The van der Waals surface area contributed by atoms with E-state index in [0.717, 1.165) is 12.1 Å². The molecule has 0 aliphatic carbocycles. The van der Waals surface area contributed by atoms with Gasteiger partial charge in [0.25, 0.3) is 5.91 Å². The molecule has 7 nitrogen and oxygen atoms in total. The lowest BCUT2D eigenvalue weighted by Crippen LogP contribution is -2.32. The van der Waals surface area contributed by atoms with E-state index < -0.39 is 18.1 Å². The van der Waals surface area contributed by atoms with E-state index in [-0.39, 0.29) is 18.1 Å². The third-order valence-electron chi connectivity index (χ3n) is 4.20. The second kappa shape index (κ2) is 10.8. The first-order valence-corrected chi connectivity index (χ1v) is 9.68. The van der Waals surface area contributed by atoms with Crippen LogP contribution in [0.5, 0.6) is 5.75 Å². The summed E-state index contributed by atoms with van der Waals surface area (Å²) < 4.78 is 40.5. The quantitative estimate of drug-likeness (QED) is 0.360. The highest BCUT2D eigenvalue weighted by atomic mass is 19.4. The van der Waals surface area contributed by atoms with Crippen LogP contribution < -0.4 is 20.8 Å². The summed E-state index contributed by atoms with van der Waals surface area (Å²) in [6, 6.07) is 21.5. The van der Waals surface area contributed by atoms with Gasteiger partial charge in [0.05, 0.1) is 12.3 Å². The van der Waals surface area contributed by atoms with Crippen molar-refractivity contribution in [2.75, 3.05) is 11.9 Å². The number of amides is 3. The smallest absolute Gasteiger partial charge is 0.406 e. The summed E-state index contributed by atoms with van der Waals surface area (Å²) in [4.78, 5) is 24.5. The number of carbonyl (C=O) groups excluding carboxylic acids is 2. The fourth-order valence-corrected chi connectivity index (χ4v) is 2.71. The zero-order chi connectivity index (χ0) is 23.7. The van der Waals surface area contributed by atoms with Crippen molar-refractivity contribution >= 4 is 23.3 Å². The molecule has 3 rings (SSSR count). The van der Waals surface area contributed by atoms with Crippen molar-refractivity contribution in [3.05, 3.63) is 96.1 Å². The standard InChI is InChI=1S/C23H19F3N4O3/c24-23(25,26)33-19-13-11-18(12-14-19)28-22(32)30-29-20(16-7-3-1-4-8-16)15-27-21(31)17-9-5-2-6-10-17/h1-14H,15H2,(H,27,31)(H2,28,30,32). The molecule has 0 aromatic heterocycles. The second-order valence-corrected chi connectivity index (χ2v) is 6.61. The number of benzene rings is 3. The number of anilines is 1. The lowest BCUT2D eigenvalue weighted by Gasteiger charge is -2.11. The molecule has 0 saturated carbocycles. The number of urea groups is 1. The van der Waals surface area contributed by atoms with Crippen LogP contribution in [0.4, 0.5) is 23.7 Å². The average Bonchev–Trinajstić information content (AvgIpc) is 2.80. The zero-order valence-electron chi connectivity index (χ0n) is 17.1. The molecule has 3 amide bonds. The van der Waals surface area contributed by atoms with Gasteiger partial charge in [-0.2, -0.15) is 5.10 Å². The van der Waals surface area contributed by atoms with Crippen LogP contribution in [0, 0.1) is 0 Å². The molecule has 0 spiro atoms. The fraction of sp³-hybridized carbons (Fsp3) is 0.0870. The Morgan fingerprint density at radius 2 is 1.39 bits per heavy atom.